The molecule has 2 aromatic carbocycles. The molecule has 0 bridgehead atoms. The maximum Gasteiger partial charge on any atom is 0.255 e. The van der Waals surface area contributed by atoms with Gasteiger partial charge in [0.25, 0.3) is 5.56 Å². The van der Waals surface area contributed by atoms with Crippen molar-refractivity contribution in [1.29, 1.82) is 0 Å². The molecule has 0 aliphatic rings. The number of H-pyrrole nitrogens is 1. The Balaban J connectivity index is 1.96. The zero-order valence-electron chi connectivity index (χ0n) is 12.9. The molecule has 4 nitrogen and oxygen atoms in total. The first-order valence-corrected chi connectivity index (χ1v) is 7.26. The topological polar surface area (TPSA) is 59.2 Å². The number of rotatable bonds is 4. The Morgan fingerprint density at radius 1 is 1.17 bits per heavy atom. The summed E-state index contributed by atoms with van der Waals surface area (Å²) in [6.07, 6.45) is 2.65. The van der Waals surface area contributed by atoms with Gasteiger partial charge in [0.05, 0.1) is 12.7 Å². The summed E-state index contributed by atoms with van der Waals surface area (Å²) < 4.78 is 18.4. The van der Waals surface area contributed by atoms with Crippen molar-refractivity contribution in [3.63, 3.8) is 0 Å². The van der Waals surface area contributed by atoms with Gasteiger partial charge in [-0.3, -0.25) is 9.59 Å². The number of methoxy groups -OCH3 is 1. The molecular weight excluding hydrogens is 309 g/mol. The number of aromatic nitrogens is 1. The lowest BCUT2D eigenvalue weighted by molar-refractivity contribution is 0.104. The Bertz CT molecular complexity index is 1000. The summed E-state index contributed by atoms with van der Waals surface area (Å²) in [7, 11) is 1.40. The summed E-state index contributed by atoms with van der Waals surface area (Å²) >= 11 is 0. The van der Waals surface area contributed by atoms with Crippen LogP contribution in [0.1, 0.15) is 15.9 Å². The number of ketones is 1. The highest BCUT2D eigenvalue weighted by Gasteiger charge is 2.11. The molecule has 24 heavy (non-hydrogen) atoms. The van der Waals surface area contributed by atoms with Gasteiger partial charge in [0.1, 0.15) is 11.6 Å². The Morgan fingerprint density at radius 3 is 2.75 bits per heavy atom. The second kappa shape index (κ2) is 6.50. The maximum atomic E-state index is 13.4. The predicted molar refractivity (Wildman–Crippen MR) is 90.9 cm³/mol. The summed E-state index contributed by atoms with van der Waals surface area (Å²) in [5.74, 6) is -0.700. The molecule has 0 radical (unpaired) electrons. The number of ether oxygens (including phenoxy) is 1. The fourth-order valence-corrected chi connectivity index (χ4v) is 2.42. The van der Waals surface area contributed by atoms with Gasteiger partial charge in [0.2, 0.25) is 0 Å². The fraction of sp³-hybridized carbons (Fsp3) is 0.0526. The molecule has 0 fully saturated rings. The van der Waals surface area contributed by atoms with Crippen LogP contribution in [0.25, 0.3) is 17.0 Å². The Labute approximate surface area is 137 Å². The molecule has 1 N–H and O–H groups in total. The average molecular weight is 323 g/mol. The lowest BCUT2D eigenvalue weighted by Gasteiger charge is -2.05. The standard InChI is InChI=1S/C19H14FNO3/c1-24-18-9-7-14(20)11-15(18)17(22)8-6-13-10-12-4-2-3-5-16(12)21-19(13)23/h2-11H,1H3,(H,21,23)/b8-6+. The van der Waals surface area contributed by atoms with Crippen LogP contribution in [0.15, 0.2) is 59.4 Å². The van der Waals surface area contributed by atoms with E-state index >= 15 is 0 Å². The van der Waals surface area contributed by atoms with E-state index in [1.165, 1.54) is 31.4 Å². The first kappa shape index (κ1) is 15.7. The van der Waals surface area contributed by atoms with E-state index in [2.05, 4.69) is 4.98 Å². The van der Waals surface area contributed by atoms with Gasteiger partial charge >= 0.3 is 0 Å². The van der Waals surface area contributed by atoms with Crippen LogP contribution in [0.5, 0.6) is 5.75 Å². The third-order valence-corrected chi connectivity index (χ3v) is 3.62. The monoisotopic (exact) mass is 323 g/mol. The molecule has 0 aliphatic carbocycles. The van der Waals surface area contributed by atoms with Gasteiger partial charge in [-0.25, -0.2) is 4.39 Å². The molecular formula is C19H14FNO3. The van der Waals surface area contributed by atoms with Crippen molar-refractivity contribution in [1.82, 2.24) is 4.98 Å². The van der Waals surface area contributed by atoms with E-state index in [0.717, 1.165) is 17.0 Å². The van der Waals surface area contributed by atoms with Gasteiger partial charge < -0.3 is 9.72 Å². The Hall–Kier alpha value is -3.21. The molecule has 1 heterocycles. The summed E-state index contributed by atoms with van der Waals surface area (Å²) in [5.41, 5.74) is 0.866. The Kier molecular flexibility index (Phi) is 4.24. The third kappa shape index (κ3) is 3.10. The number of hydrogen-bond acceptors (Lipinski definition) is 3. The fourth-order valence-electron chi connectivity index (χ4n) is 2.42. The van der Waals surface area contributed by atoms with Crippen molar-refractivity contribution in [2.75, 3.05) is 7.11 Å². The SMILES string of the molecule is COc1ccc(F)cc1C(=O)/C=C/c1cc2ccccc2[nH]c1=O. The van der Waals surface area contributed by atoms with Crippen LogP contribution >= 0.6 is 0 Å². The van der Waals surface area contributed by atoms with Gasteiger partial charge in [0.15, 0.2) is 5.78 Å². The summed E-state index contributed by atoms with van der Waals surface area (Å²) in [4.78, 5) is 27.1. The molecule has 0 unspecified atom stereocenters. The number of para-hydroxylation sites is 1. The zero-order valence-corrected chi connectivity index (χ0v) is 12.9. The molecule has 0 saturated heterocycles. The minimum absolute atomic E-state index is 0.103. The molecule has 0 atom stereocenters. The van der Waals surface area contributed by atoms with Crippen molar-refractivity contribution in [2.24, 2.45) is 0 Å². The minimum Gasteiger partial charge on any atom is -0.496 e. The highest BCUT2D eigenvalue weighted by Crippen LogP contribution is 2.20. The number of carbonyl (C=O) groups excluding carboxylic acids is 1. The van der Waals surface area contributed by atoms with E-state index in [1.54, 1.807) is 12.1 Å². The first-order valence-electron chi connectivity index (χ1n) is 7.26. The largest absolute Gasteiger partial charge is 0.496 e. The van der Waals surface area contributed by atoms with Gasteiger partial charge in [-0.15, -0.1) is 0 Å². The van der Waals surface area contributed by atoms with Crippen molar-refractivity contribution in [2.45, 2.75) is 0 Å². The highest BCUT2D eigenvalue weighted by molar-refractivity contribution is 6.08. The molecule has 5 heteroatoms. The van der Waals surface area contributed by atoms with Gasteiger partial charge in [-0.1, -0.05) is 18.2 Å². The van der Waals surface area contributed by atoms with Crippen LogP contribution in [0, 0.1) is 5.82 Å². The Morgan fingerprint density at radius 2 is 1.96 bits per heavy atom. The van der Waals surface area contributed by atoms with E-state index in [0.29, 0.717) is 5.56 Å². The third-order valence-electron chi connectivity index (χ3n) is 3.62. The second-order valence-corrected chi connectivity index (χ2v) is 5.18. The van der Waals surface area contributed by atoms with Crippen LogP contribution in [-0.4, -0.2) is 17.9 Å². The lowest BCUT2D eigenvalue weighted by atomic mass is 10.1. The number of benzene rings is 2. The molecule has 0 saturated carbocycles. The van der Waals surface area contributed by atoms with Crippen molar-refractivity contribution in [3.8, 4) is 5.75 Å². The van der Waals surface area contributed by atoms with Crippen LogP contribution in [0.4, 0.5) is 4.39 Å². The van der Waals surface area contributed by atoms with E-state index in [9.17, 15) is 14.0 Å². The van der Waals surface area contributed by atoms with Gasteiger partial charge in [-0.05, 0) is 47.9 Å². The van der Waals surface area contributed by atoms with Crippen molar-refractivity contribution < 1.29 is 13.9 Å². The first-order chi connectivity index (χ1) is 11.6. The molecule has 0 amide bonds. The van der Waals surface area contributed by atoms with E-state index in [1.807, 2.05) is 18.2 Å². The van der Waals surface area contributed by atoms with Crippen molar-refractivity contribution in [3.05, 3.63) is 81.9 Å². The number of halogens is 1. The minimum atomic E-state index is -0.531. The highest BCUT2D eigenvalue weighted by atomic mass is 19.1. The van der Waals surface area contributed by atoms with Crippen LogP contribution in [0.3, 0.4) is 0 Å². The normalized spacial score (nSPS) is 11.1. The number of hydrogen-bond donors (Lipinski definition) is 1. The summed E-state index contributed by atoms with van der Waals surface area (Å²) in [6.45, 7) is 0. The number of aromatic amines is 1. The van der Waals surface area contributed by atoms with Gasteiger partial charge in [-0.2, -0.15) is 0 Å². The molecule has 0 spiro atoms. The van der Waals surface area contributed by atoms with Crippen LogP contribution < -0.4 is 10.3 Å². The number of carbonyl (C=O) groups is 1. The van der Waals surface area contributed by atoms with E-state index in [-0.39, 0.29) is 16.9 Å². The smallest absolute Gasteiger partial charge is 0.255 e. The predicted octanol–water partition coefficient (Wildman–Crippen LogP) is 3.57. The van der Waals surface area contributed by atoms with E-state index in [4.69, 9.17) is 4.74 Å². The molecule has 0 aliphatic heterocycles. The summed E-state index contributed by atoms with van der Waals surface area (Å²) in [6, 6.07) is 12.8. The lowest BCUT2D eigenvalue weighted by Crippen LogP contribution is -2.09. The number of pyridine rings is 1. The summed E-state index contributed by atoms with van der Waals surface area (Å²) in [5, 5.41) is 0.854. The quantitative estimate of drug-likeness (QED) is 0.590. The van der Waals surface area contributed by atoms with Crippen molar-refractivity contribution >= 4 is 22.8 Å². The van der Waals surface area contributed by atoms with Crippen LogP contribution in [0.2, 0.25) is 0 Å². The molecule has 1 aromatic heterocycles. The number of nitrogens with one attached hydrogen (secondary N) is 1. The number of allylic oxidation sites excluding steroid dienone is 1. The molecule has 3 rings (SSSR count). The van der Waals surface area contributed by atoms with Crippen LogP contribution in [-0.2, 0) is 0 Å². The average Bonchev–Trinajstić information content (AvgIpc) is 2.59. The zero-order chi connectivity index (χ0) is 17.1. The number of fused-ring (bicyclic) bond motifs is 1. The molecule has 120 valence electrons. The molecule has 3 aromatic rings. The second-order valence-electron chi connectivity index (χ2n) is 5.18. The van der Waals surface area contributed by atoms with Gasteiger partial charge in [0, 0.05) is 11.1 Å². The van der Waals surface area contributed by atoms with E-state index < -0.39 is 11.6 Å². The maximum absolute atomic E-state index is 13.4.